The van der Waals surface area contributed by atoms with E-state index in [0.717, 1.165) is 19.7 Å². The normalized spacial score (nSPS) is 21.3. The van der Waals surface area contributed by atoms with E-state index in [1.165, 1.54) is 19.4 Å². The van der Waals surface area contributed by atoms with Gasteiger partial charge in [0.1, 0.15) is 0 Å². The second-order valence-electron chi connectivity index (χ2n) is 2.72. The van der Waals surface area contributed by atoms with Gasteiger partial charge in [-0.3, -0.25) is 0 Å². The molecule has 0 saturated carbocycles. The molecule has 59 valence electrons. The fourth-order valence-corrected chi connectivity index (χ4v) is 1.25. The summed E-state index contributed by atoms with van der Waals surface area (Å²) in [5.41, 5.74) is 0. The van der Waals surface area contributed by atoms with Gasteiger partial charge in [0.25, 0.3) is 0 Å². The molecular weight excluding hydrogens is 126 g/mol. The van der Waals surface area contributed by atoms with E-state index >= 15 is 0 Å². The second kappa shape index (κ2) is 4.69. The molecule has 0 aromatic rings. The maximum absolute atomic E-state index is 4.99. The number of methoxy groups -OCH3 is 1. The number of rotatable bonds is 3. The van der Waals surface area contributed by atoms with E-state index in [4.69, 9.17) is 4.74 Å². The number of ether oxygens (including phenoxy) is 1. The van der Waals surface area contributed by atoms with Gasteiger partial charge in [0.2, 0.25) is 0 Å². The monoisotopic (exact) mass is 142 g/mol. The van der Waals surface area contributed by atoms with Crippen LogP contribution in [0.25, 0.3) is 0 Å². The molecule has 1 heterocycles. The molecule has 1 saturated heterocycles. The Morgan fingerprint density at radius 1 is 1.60 bits per heavy atom. The molecule has 0 bridgehead atoms. The molecule has 0 N–H and O–H groups in total. The lowest BCUT2D eigenvalue weighted by Crippen LogP contribution is -2.32. The minimum absolute atomic E-state index is 0.869. The van der Waals surface area contributed by atoms with Crippen LogP contribution in [-0.4, -0.2) is 38.3 Å². The average molecular weight is 142 g/mol. The van der Waals surface area contributed by atoms with Crippen molar-refractivity contribution < 1.29 is 4.74 Å². The lowest BCUT2D eigenvalue weighted by atomic mass is 10.1. The lowest BCUT2D eigenvalue weighted by molar-refractivity contribution is 0.145. The highest BCUT2D eigenvalue weighted by Gasteiger charge is 2.08. The van der Waals surface area contributed by atoms with Crippen LogP contribution < -0.4 is 0 Å². The Morgan fingerprint density at radius 2 is 2.50 bits per heavy atom. The molecule has 0 amide bonds. The van der Waals surface area contributed by atoms with Gasteiger partial charge in [-0.05, 0) is 25.8 Å². The summed E-state index contributed by atoms with van der Waals surface area (Å²) < 4.78 is 4.99. The lowest BCUT2D eigenvalue weighted by Gasteiger charge is -2.25. The molecule has 1 rings (SSSR count). The van der Waals surface area contributed by atoms with Crippen LogP contribution in [0, 0.1) is 6.42 Å². The highest BCUT2D eigenvalue weighted by molar-refractivity contribution is 4.77. The fraction of sp³-hybridized carbons (Fsp3) is 0.875. The summed E-state index contributed by atoms with van der Waals surface area (Å²) in [6.45, 7) is 4.37. The van der Waals surface area contributed by atoms with E-state index in [2.05, 4.69) is 11.3 Å². The summed E-state index contributed by atoms with van der Waals surface area (Å²) >= 11 is 0. The molecule has 2 nitrogen and oxygen atoms in total. The minimum Gasteiger partial charge on any atom is -0.383 e. The number of hydrogen-bond donors (Lipinski definition) is 0. The summed E-state index contributed by atoms with van der Waals surface area (Å²) in [5.74, 6) is 0. The SMILES string of the molecule is COCCN1C[CH]CCC1. The van der Waals surface area contributed by atoms with E-state index in [9.17, 15) is 0 Å². The van der Waals surface area contributed by atoms with Gasteiger partial charge in [0, 0.05) is 20.2 Å². The van der Waals surface area contributed by atoms with Crippen LogP contribution in [-0.2, 0) is 4.74 Å². The maximum atomic E-state index is 4.99. The first-order valence-corrected chi connectivity index (χ1v) is 3.96. The Labute approximate surface area is 63.2 Å². The minimum atomic E-state index is 0.869. The first kappa shape index (κ1) is 8.02. The van der Waals surface area contributed by atoms with Gasteiger partial charge < -0.3 is 9.64 Å². The van der Waals surface area contributed by atoms with Crippen LogP contribution >= 0.6 is 0 Å². The first-order valence-electron chi connectivity index (χ1n) is 3.96. The maximum Gasteiger partial charge on any atom is 0.0589 e. The van der Waals surface area contributed by atoms with Crippen molar-refractivity contribution in [2.24, 2.45) is 0 Å². The van der Waals surface area contributed by atoms with Gasteiger partial charge in [-0.2, -0.15) is 0 Å². The Morgan fingerprint density at radius 3 is 3.10 bits per heavy atom. The molecule has 0 aliphatic carbocycles. The van der Waals surface area contributed by atoms with Crippen LogP contribution in [0.4, 0.5) is 0 Å². The molecule has 0 unspecified atom stereocenters. The van der Waals surface area contributed by atoms with Gasteiger partial charge in [-0.15, -0.1) is 0 Å². The summed E-state index contributed by atoms with van der Waals surface area (Å²) in [6.07, 6.45) is 4.96. The van der Waals surface area contributed by atoms with Crippen molar-refractivity contribution in [3.8, 4) is 0 Å². The summed E-state index contributed by atoms with van der Waals surface area (Å²) in [5, 5.41) is 0. The Balaban J connectivity index is 2.02. The van der Waals surface area contributed by atoms with Crippen molar-refractivity contribution in [2.75, 3.05) is 33.4 Å². The highest BCUT2D eigenvalue weighted by Crippen LogP contribution is 2.06. The van der Waals surface area contributed by atoms with E-state index in [-0.39, 0.29) is 0 Å². The van der Waals surface area contributed by atoms with Crippen molar-refractivity contribution >= 4 is 0 Å². The van der Waals surface area contributed by atoms with E-state index in [1.54, 1.807) is 7.11 Å². The molecule has 1 aliphatic heterocycles. The van der Waals surface area contributed by atoms with Crippen molar-refractivity contribution in [1.82, 2.24) is 4.90 Å². The quantitative estimate of drug-likeness (QED) is 0.581. The number of nitrogens with zero attached hydrogens (tertiary/aromatic N) is 1. The standard InChI is InChI=1S/C8H16NO/c1-10-8-7-9-5-3-2-4-6-9/h3H,2,4-8H2,1H3. The molecule has 1 radical (unpaired) electrons. The number of hydrogen-bond acceptors (Lipinski definition) is 2. The molecular formula is C8H16NO. The smallest absolute Gasteiger partial charge is 0.0589 e. The van der Waals surface area contributed by atoms with Crippen LogP contribution in [0.15, 0.2) is 0 Å². The third kappa shape index (κ3) is 2.67. The van der Waals surface area contributed by atoms with Gasteiger partial charge in [-0.1, -0.05) is 0 Å². The summed E-state index contributed by atoms with van der Waals surface area (Å²) in [4.78, 5) is 2.42. The Bertz CT molecular complexity index is 79.3. The zero-order valence-corrected chi connectivity index (χ0v) is 6.68. The molecule has 10 heavy (non-hydrogen) atoms. The zero-order valence-electron chi connectivity index (χ0n) is 6.68. The van der Waals surface area contributed by atoms with Crippen molar-refractivity contribution in [1.29, 1.82) is 0 Å². The van der Waals surface area contributed by atoms with Crippen molar-refractivity contribution in [3.05, 3.63) is 6.42 Å². The summed E-state index contributed by atoms with van der Waals surface area (Å²) in [6, 6.07) is 0. The average Bonchev–Trinajstić information content (AvgIpc) is 2.03. The van der Waals surface area contributed by atoms with Crippen LogP contribution in [0.3, 0.4) is 0 Å². The van der Waals surface area contributed by atoms with Gasteiger partial charge in [0.15, 0.2) is 0 Å². The predicted octanol–water partition coefficient (Wildman–Crippen LogP) is 0.933. The van der Waals surface area contributed by atoms with E-state index < -0.39 is 0 Å². The Hall–Kier alpha value is -0.0800. The van der Waals surface area contributed by atoms with Gasteiger partial charge >= 0.3 is 0 Å². The van der Waals surface area contributed by atoms with Crippen LogP contribution in [0.1, 0.15) is 12.8 Å². The Kier molecular flexibility index (Phi) is 3.76. The van der Waals surface area contributed by atoms with Gasteiger partial charge in [-0.25, -0.2) is 0 Å². The molecule has 1 fully saturated rings. The fourth-order valence-electron chi connectivity index (χ4n) is 1.25. The predicted molar refractivity (Wildman–Crippen MR) is 41.9 cm³/mol. The largest absolute Gasteiger partial charge is 0.383 e. The molecule has 1 aliphatic rings. The molecule has 0 aromatic carbocycles. The summed E-state index contributed by atoms with van der Waals surface area (Å²) in [7, 11) is 1.76. The van der Waals surface area contributed by atoms with E-state index in [0.29, 0.717) is 0 Å². The second-order valence-corrected chi connectivity index (χ2v) is 2.72. The van der Waals surface area contributed by atoms with Crippen molar-refractivity contribution in [2.45, 2.75) is 12.8 Å². The van der Waals surface area contributed by atoms with Crippen LogP contribution in [0.5, 0.6) is 0 Å². The van der Waals surface area contributed by atoms with Crippen LogP contribution in [0.2, 0.25) is 0 Å². The third-order valence-corrected chi connectivity index (χ3v) is 1.88. The first-order chi connectivity index (χ1) is 4.93. The van der Waals surface area contributed by atoms with E-state index in [1.807, 2.05) is 0 Å². The van der Waals surface area contributed by atoms with Gasteiger partial charge in [0.05, 0.1) is 6.61 Å². The number of piperidine rings is 1. The molecule has 0 atom stereocenters. The number of likely N-dealkylation sites (tertiary alicyclic amines) is 1. The highest BCUT2D eigenvalue weighted by atomic mass is 16.5. The zero-order chi connectivity index (χ0) is 7.23. The molecule has 2 heteroatoms. The third-order valence-electron chi connectivity index (χ3n) is 1.88. The van der Waals surface area contributed by atoms with Crippen molar-refractivity contribution in [3.63, 3.8) is 0 Å². The molecule has 0 spiro atoms. The topological polar surface area (TPSA) is 12.5 Å². The molecule has 0 aromatic heterocycles.